The Morgan fingerprint density at radius 2 is 2.12 bits per heavy atom. The van der Waals surface area contributed by atoms with E-state index < -0.39 is 10.0 Å². The summed E-state index contributed by atoms with van der Waals surface area (Å²) in [5.74, 6) is 0.106. The fraction of sp³-hybridized carbons (Fsp3) is 0.700. The van der Waals surface area contributed by atoms with Crippen molar-refractivity contribution in [3.05, 3.63) is 18.7 Å². The first kappa shape index (κ1) is 14.1. The van der Waals surface area contributed by atoms with Crippen molar-refractivity contribution in [2.75, 3.05) is 18.8 Å². The molecule has 0 spiro atoms. The second-order valence-electron chi connectivity index (χ2n) is 4.12. The molecule has 0 atom stereocenters. The third-order valence-electron chi connectivity index (χ3n) is 2.17. The summed E-state index contributed by atoms with van der Waals surface area (Å²) in [6.07, 6.45) is 5.13. The Hall–Kier alpha value is -0.920. The van der Waals surface area contributed by atoms with Crippen LogP contribution in [-0.4, -0.2) is 42.9 Å². The van der Waals surface area contributed by atoms with E-state index in [1.54, 1.807) is 18.7 Å². The second-order valence-corrected chi connectivity index (χ2v) is 6.05. The van der Waals surface area contributed by atoms with Gasteiger partial charge in [-0.2, -0.15) is 0 Å². The molecule has 1 aromatic rings. The van der Waals surface area contributed by atoms with Crippen LogP contribution in [0.25, 0.3) is 0 Å². The number of imidazole rings is 1. The maximum Gasteiger partial charge on any atom is 0.212 e. The van der Waals surface area contributed by atoms with Gasteiger partial charge in [-0.3, -0.25) is 0 Å². The van der Waals surface area contributed by atoms with E-state index >= 15 is 0 Å². The van der Waals surface area contributed by atoms with Crippen molar-refractivity contribution in [3.8, 4) is 0 Å². The maximum absolute atomic E-state index is 11.6. The molecule has 6 nitrogen and oxygen atoms in total. The van der Waals surface area contributed by atoms with Gasteiger partial charge in [0.15, 0.2) is 0 Å². The molecule has 0 bridgehead atoms. The third-order valence-corrected chi connectivity index (χ3v) is 3.56. The van der Waals surface area contributed by atoms with Gasteiger partial charge in [0, 0.05) is 38.1 Å². The molecule has 98 valence electrons. The Morgan fingerprint density at radius 1 is 1.35 bits per heavy atom. The van der Waals surface area contributed by atoms with Crippen LogP contribution in [0.3, 0.4) is 0 Å². The van der Waals surface area contributed by atoms with Gasteiger partial charge in [-0.15, -0.1) is 0 Å². The van der Waals surface area contributed by atoms with Gasteiger partial charge in [-0.05, 0) is 0 Å². The van der Waals surface area contributed by atoms with Gasteiger partial charge in [0.1, 0.15) is 0 Å². The molecule has 1 heterocycles. The summed E-state index contributed by atoms with van der Waals surface area (Å²) >= 11 is 0. The molecule has 0 saturated carbocycles. The molecule has 7 heteroatoms. The number of nitrogens with one attached hydrogen (secondary N) is 2. The topological polar surface area (TPSA) is 76.0 Å². The summed E-state index contributed by atoms with van der Waals surface area (Å²) < 4.78 is 27.5. The largest absolute Gasteiger partial charge is 0.336 e. The van der Waals surface area contributed by atoms with Crippen LogP contribution in [0.1, 0.15) is 13.8 Å². The van der Waals surface area contributed by atoms with Crippen LogP contribution < -0.4 is 10.0 Å². The lowest BCUT2D eigenvalue weighted by Crippen LogP contribution is -2.35. The van der Waals surface area contributed by atoms with E-state index in [-0.39, 0.29) is 5.75 Å². The van der Waals surface area contributed by atoms with Gasteiger partial charge in [0.05, 0.1) is 12.1 Å². The standard InChI is InChI=1S/C10H20N4O2S/c1-10(2)12-5-8-17(15,16)13-4-7-14-6-3-11-9-14/h3,6,9-10,12-13H,4-5,7-8H2,1-2H3. The van der Waals surface area contributed by atoms with Gasteiger partial charge < -0.3 is 9.88 Å². The van der Waals surface area contributed by atoms with E-state index in [0.717, 1.165) is 0 Å². The average molecular weight is 260 g/mol. The van der Waals surface area contributed by atoms with Crippen molar-refractivity contribution in [1.82, 2.24) is 19.6 Å². The summed E-state index contributed by atoms with van der Waals surface area (Å²) in [4.78, 5) is 3.88. The molecule has 0 aliphatic carbocycles. The lowest BCUT2D eigenvalue weighted by atomic mass is 10.4. The van der Waals surface area contributed by atoms with Crippen LogP contribution >= 0.6 is 0 Å². The highest BCUT2D eigenvalue weighted by Crippen LogP contribution is 1.87. The summed E-state index contributed by atoms with van der Waals surface area (Å²) in [5, 5.41) is 3.07. The van der Waals surface area contributed by atoms with Crippen LogP contribution in [-0.2, 0) is 16.6 Å². The quantitative estimate of drug-likeness (QED) is 0.679. The molecule has 0 aromatic carbocycles. The first-order chi connectivity index (χ1) is 7.99. The zero-order valence-corrected chi connectivity index (χ0v) is 11.1. The summed E-state index contributed by atoms with van der Waals surface area (Å²) in [5.41, 5.74) is 0. The fourth-order valence-corrected chi connectivity index (χ4v) is 2.24. The van der Waals surface area contributed by atoms with E-state index in [2.05, 4.69) is 15.0 Å². The Kier molecular flexibility index (Phi) is 5.60. The molecule has 0 aliphatic rings. The number of hydrogen-bond acceptors (Lipinski definition) is 4. The van der Waals surface area contributed by atoms with Crippen molar-refractivity contribution in [2.24, 2.45) is 0 Å². The molecule has 0 unspecified atom stereocenters. The SMILES string of the molecule is CC(C)NCCS(=O)(=O)NCCn1ccnc1. The minimum atomic E-state index is -3.18. The first-order valence-corrected chi connectivity index (χ1v) is 7.31. The van der Waals surface area contributed by atoms with Crippen molar-refractivity contribution in [2.45, 2.75) is 26.4 Å². The zero-order valence-electron chi connectivity index (χ0n) is 10.3. The molecular weight excluding hydrogens is 240 g/mol. The molecule has 0 aliphatic heterocycles. The fourth-order valence-electron chi connectivity index (χ4n) is 1.30. The minimum absolute atomic E-state index is 0.106. The van der Waals surface area contributed by atoms with Gasteiger partial charge in [-0.25, -0.2) is 18.1 Å². The van der Waals surface area contributed by atoms with Crippen molar-refractivity contribution >= 4 is 10.0 Å². The number of rotatable bonds is 8. The summed E-state index contributed by atoms with van der Waals surface area (Å²) in [6.45, 7) is 5.42. The highest BCUT2D eigenvalue weighted by atomic mass is 32.2. The smallest absolute Gasteiger partial charge is 0.212 e. The lowest BCUT2D eigenvalue weighted by Gasteiger charge is -2.09. The van der Waals surface area contributed by atoms with Crippen LogP contribution in [0.5, 0.6) is 0 Å². The first-order valence-electron chi connectivity index (χ1n) is 5.66. The van der Waals surface area contributed by atoms with Gasteiger partial charge in [0.2, 0.25) is 10.0 Å². The number of nitrogens with zero attached hydrogens (tertiary/aromatic N) is 2. The normalized spacial score (nSPS) is 12.2. The highest BCUT2D eigenvalue weighted by molar-refractivity contribution is 7.89. The van der Waals surface area contributed by atoms with Gasteiger partial charge in [0.25, 0.3) is 0 Å². The van der Waals surface area contributed by atoms with E-state index in [1.165, 1.54) is 0 Å². The Morgan fingerprint density at radius 3 is 2.71 bits per heavy atom. The van der Waals surface area contributed by atoms with Crippen LogP contribution in [0.2, 0.25) is 0 Å². The van der Waals surface area contributed by atoms with Crippen molar-refractivity contribution in [3.63, 3.8) is 0 Å². The lowest BCUT2D eigenvalue weighted by molar-refractivity contribution is 0.560. The predicted octanol–water partition coefficient (Wildman–Crippen LogP) is -0.199. The number of hydrogen-bond donors (Lipinski definition) is 2. The highest BCUT2D eigenvalue weighted by Gasteiger charge is 2.08. The Balaban J connectivity index is 2.20. The number of aromatic nitrogens is 2. The molecule has 0 fully saturated rings. The monoisotopic (exact) mass is 260 g/mol. The van der Waals surface area contributed by atoms with Gasteiger partial charge in [-0.1, -0.05) is 13.8 Å². The average Bonchev–Trinajstić information content (AvgIpc) is 2.69. The summed E-state index contributed by atoms with van der Waals surface area (Å²) in [7, 11) is -3.18. The van der Waals surface area contributed by atoms with Crippen molar-refractivity contribution in [1.29, 1.82) is 0 Å². The molecular formula is C10H20N4O2S. The molecule has 0 amide bonds. The van der Waals surface area contributed by atoms with Crippen LogP contribution in [0, 0.1) is 0 Å². The molecule has 0 radical (unpaired) electrons. The molecule has 2 N–H and O–H groups in total. The Labute approximate surface area is 102 Å². The van der Waals surface area contributed by atoms with Gasteiger partial charge >= 0.3 is 0 Å². The molecule has 0 saturated heterocycles. The van der Waals surface area contributed by atoms with E-state index in [1.807, 2.05) is 18.4 Å². The maximum atomic E-state index is 11.6. The molecule has 1 aromatic heterocycles. The van der Waals surface area contributed by atoms with Crippen LogP contribution in [0.4, 0.5) is 0 Å². The zero-order chi connectivity index (χ0) is 12.7. The summed E-state index contributed by atoms with van der Waals surface area (Å²) in [6, 6.07) is 0.302. The van der Waals surface area contributed by atoms with E-state index in [0.29, 0.717) is 25.7 Å². The van der Waals surface area contributed by atoms with E-state index in [4.69, 9.17) is 0 Å². The van der Waals surface area contributed by atoms with Crippen LogP contribution in [0.15, 0.2) is 18.7 Å². The predicted molar refractivity (Wildman–Crippen MR) is 67.2 cm³/mol. The van der Waals surface area contributed by atoms with Crippen molar-refractivity contribution < 1.29 is 8.42 Å². The molecule has 17 heavy (non-hydrogen) atoms. The Bertz CT molecular complexity index is 400. The molecule has 1 rings (SSSR count). The van der Waals surface area contributed by atoms with E-state index in [9.17, 15) is 8.42 Å². The third kappa shape index (κ3) is 6.40. The number of sulfonamides is 1. The second kappa shape index (κ2) is 6.73. The minimum Gasteiger partial charge on any atom is -0.336 e.